The van der Waals surface area contributed by atoms with E-state index in [2.05, 4.69) is 188 Å². The van der Waals surface area contributed by atoms with Crippen LogP contribution in [0.2, 0.25) is 0 Å². The highest BCUT2D eigenvalue weighted by Crippen LogP contribution is 2.30. The zero-order valence-electron chi connectivity index (χ0n) is 38.2. The fourth-order valence-electron chi connectivity index (χ4n) is 9.21. The van der Waals surface area contributed by atoms with Gasteiger partial charge in [0, 0.05) is 66.9 Å². The lowest BCUT2D eigenvalue weighted by molar-refractivity contribution is 0.414. The summed E-state index contributed by atoms with van der Waals surface area (Å²) in [5.74, 6) is 3.18. The van der Waals surface area contributed by atoms with E-state index in [4.69, 9.17) is 18.9 Å². The Kier molecular flexibility index (Phi) is 11.0. The molecule has 0 aliphatic rings. The van der Waals surface area contributed by atoms with E-state index < -0.39 is 0 Å². The first kappa shape index (κ1) is 41.8. The maximum absolute atomic E-state index is 5.60. The third-order valence-electron chi connectivity index (χ3n) is 12.7. The Morgan fingerprint density at radius 3 is 0.588 bits per heavy atom. The van der Waals surface area contributed by atoms with Crippen molar-refractivity contribution in [1.29, 1.82) is 0 Å². The Bertz CT molecular complexity index is 3280. The molecule has 0 spiro atoms. The van der Waals surface area contributed by atoms with Gasteiger partial charge in [0.2, 0.25) is 0 Å². The van der Waals surface area contributed by atoms with Gasteiger partial charge in [0.25, 0.3) is 0 Å². The minimum atomic E-state index is 0.796. The molecule has 14 rings (SSSR count). The second kappa shape index (κ2) is 17.8. The maximum atomic E-state index is 5.60. The molecule has 332 valence electrons. The lowest BCUT2D eigenvalue weighted by Gasteiger charge is -2.16. The van der Waals surface area contributed by atoms with Gasteiger partial charge in [0.1, 0.15) is 23.0 Å². The van der Waals surface area contributed by atoms with Crippen molar-refractivity contribution >= 4 is 65.7 Å². The molecule has 68 heavy (non-hydrogen) atoms. The largest absolute Gasteiger partial charge is 0.497 e. The summed E-state index contributed by atoms with van der Waals surface area (Å²) in [5, 5.41) is 4.45. The number of nitrogens with zero attached hydrogens (tertiary/aromatic N) is 4. The fraction of sp³-hybridized carbons (Fsp3) is 0.0667. The van der Waals surface area contributed by atoms with Crippen molar-refractivity contribution in [2.45, 2.75) is 0 Å². The van der Waals surface area contributed by atoms with Crippen molar-refractivity contribution < 1.29 is 18.9 Å². The smallest absolute Gasteiger partial charge is 0.119 e. The number of benzene rings is 10. The standard InChI is InChI=1S/C60H48N4O4/c1-65-57-29-21-49(22-30-57)61-45-13-15-46(16-14-45)62(50-23-31-58(66-2)32-24-50)55-11-7-42-8-12-56(40-44(42)39-55)64(52-27-35-60(68-4)36-28-52)48-19-17-47(18-20-48)63(51-25-33-59(67-3)34-26-51)54-10-6-41-5-9-53(61)37-43(41)38-54/h5-40H,1-4H3. The molecule has 0 atom stereocenters. The Morgan fingerprint density at radius 2 is 0.397 bits per heavy atom. The molecule has 0 amide bonds. The van der Waals surface area contributed by atoms with E-state index in [0.717, 1.165) is 111 Å². The van der Waals surface area contributed by atoms with Crippen LogP contribution in [0.15, 0.2) is 218 Å². The summed E-state index contributed by atoms with van der Waals surface area (Å²) in [7, 11) is 6.79. The quantitative estimate of drug-likeness (QED) is 0.153. The summed E-state index contributed by atoms with van der Waals surface area (Å²) in [6, 6.07) is 77.2. The van der Waals surface area contributed by atoms with Crippen LogP contribution >= 0.6 is 0 Å². The summed E-state index contributed by atoms with van der Waals surface area (Å²) < 4.78 is 31.6. The van der Waals surface area contributed by atoms with Gasteiger partial charge in [-0.15, -0.1) is 0 Å². The highest BCUT2D eigenvalue weighted by atomic mass is 16.5. The van der Waals surface area contributed by atoms with Crippen LogP contribution in [0.5, 0.6) is 23.0 Å². The summed E-state index contributed by atoms with van der Waals surface area (Å²) in [6.45, 7) is 0. The molecule has 0 N–H and O–H groups in total. The van der Waals surface area contributed by atoms with E-state index in [1.165, 1.54) is 0 Å². The third kappa shape index (κ3) is 7.88. The first-order chi connectivity index (χ1) is 33.5. The minimum absolute atomic E-state index is 0.796. The van der Waals surface area contributed by atoms with E-state index in [1.54, 1.807) is 28.4 Å². The van der Waals surface area contributed by atoms with Gasteiger partial charge in [-0.2, -0.15) is 0 Å². The van der Waals surface area contributed by atoms with Gasteiger partial charge < -0.3 is 37.2 Å². The Morgan fingerprint density at radius 1 is 0.206 bits per heavy atom. The highest BCUT2D eigenvalue weighted by molar-refractivity contribution is 5.93. The highest BCUT2D eigenvalue weighted by Gasteiger charge is 2.10. The Labute approximate surface area is 393 Å². The predicted molar refractivity (Wildman–Crippen MR) is 279 cm³/mol. The second-order valence-corrected chi connectivity index (χ2v) is 16.6. The van der Waals surface area contributed by atoms with Crippen LogP contribution in [-0.2, 0) is 0 Å². The number of hydrogen-bond acceptors (Lipinski definition) is 4. The summed E-state index contributed by atoms with van der Waals surface area (Å²) in [6.07, 6.45) is 0. The topological polar surface area (TPSA) is 56.6 Å². The van der Waals surface area contributed by atoms with Crippen molar-refractivity contribution in [3.63, 3.8) is 0 Å². The van der Waals surface area contributed by atoms with Gasteiger partial charge in [-0.25, -0.2) is 0 Å². The van der Waals surface area contributed by atoms with E-state index in [9.17, 15) is 0 Å². The Balaban J connectivity index is 1.29. The molecule has 10 bridgehead atoms. The predicted octanol–water partition coefficient (Wildman–Crippen LogP) is 14.6. The van der Waals surface area contributed by atoms with E-state index in [1.807, 2.05) is 48.5 Å². The minimum Gasteiger partial charge on any atom is -0.497 e. The second-order valence-electron chi connectivity index (χ2n) is 16.6. The van der Waals surface area contributed by atoms with Crippen LogP contribution in [-0.4, -0.2) is 46.7 Å². The molecule has 14 aromatic rings. The molecule has 0 fully saturated rings. The zero-order valence-corrected chi connectivity index (χ0v) is 38.2. The van der Waals surface area contributed by atoms with Crippen LogP contribution in [0.4, 0.5) is 0 Å². The van der Waals surface area contributed by atoms with Crippen molar-refractivity contribution in [3.8, 4) is 45.7 Å². The summed E-state index contributed by atoms with van der Waals surface area (Å²) in [5.41, 5.74) is 12.1. The van der Waals surface area contributed by atoms with Gasteiger partial charge >= 0.3 is 0 Å². The number of hydrogen-bond donors (Lipinski definition) is 0. The molecule has 8 nitrogen and oxygen atoms in total. The fourth-order valence-corrected chi connectivity index (χ4v) is 9.21. The molecular formula is C60H48N4O4. The Hall–Kier alpha value is -8.88. The number of ether oxygens (including phenoxy) is 4. The molecule has 0 saturated heterocycles. The van der Waals surface area contributed by atoms with Crippen molar-refractivity contribution in [2.24, 2.45) is 0 Å². The third-order valence-corrected chi connectivity index (χ3v) is 12.7. The van der Waals surface area contributed by atoms with Gasteiger partial charge in [0.05, 0.1) is 28.4 Å². The van der Waals surface area contributed by atoms with Gasteiger partial charge in [0.15, 0.2) is 0 Å². The number of rotatable bonds is 8. The lowest BCUT2D eigenvalue weighted by Crippen LogP contribution is -2.00. The van der Waals surface area contributed by atoms with Gasteiger partial charge in [-0.05, 0) is 216 Å². The zero-order chi connectivity index (χ0) is 46.1. The monoisotopic (exact) mass is 888 g/mol. The lowest BCUT2D eigenvalue weighted by atomic mass is 10.1. The maximum Gasteiger partial charge on any atom is 0.119 e. The molecule has 0 saturated carbocycles. The normalized spacial score (nSPS) is 11.2. The average Bonchev–Trinajstić information content (AvgIpc) is 3.40. The molecular weight excluding hydrogens is 841 g/mol. The van der Waals surface area contributed by atoms with E-state index >= 15 is 0 Å². The van der Waals surface area contributed by atoms with Crippen LogP contribution in [0.25, 0.3) is 88.4 Å². The molecule has 0 aliphatic carbocycles. The van der Waals surface area contributed by atoms with E-state index in [-0.39, 0.29) is 0 Å². The molecule has 4 aromatic heterocycles. The van der Waals surface area contributed by atoms with Gasteiger partial charge in [-0.1, -0.05) is 24.3 Å². The van der Waals surface area contributed by atoms with Crippen LogP contribution in [0, 0.1) is 0 Å². The number of methoxy groups -OCH3 is 4. The van der Waals surface area contributed by atoms with E-state index in [0.29, 0.717) is 0 Å². The molecule has 8 heteroatoms. The van der Waals surface area contributed by atoms with Crippen molar-refractivity contribution in [3.05, 3.63) is 218 Å². The van der Waals surface area contributed by atoms with Crippen molar-refractivity contribution in [1.82, 2.24) is 18.3 Å². The van der Waals surface area contributed by atoms with Crippen LogP contribution in [0.1, 0.15) is 0 Å². The van der Waals surface area contributed by atoms with Crippen LogP contribution in [0.3, 0.4) is 0 Å². The first-order valence-electron chi connectivity index (χ1n) is 22.5. The number of aromatic nitrogens is 4. The molecule has 0 radical (unpaired) electrons. The SMILES string of the molecule is COc1ccc(-n2c3ccc(cc3)n(-c3ccc(OC)cc3)c3ccc4ccc(cc4c3)n(-c3ccc(OC)cc3)c3ccc(cc3)n(-c3ccc(OC)cc3)c3ccc4ccc2cc4c3)cc1. The average molecular weight is 889 g/mol. The van der Waals surface area contributed by atoms with Gasteiger partial charge in [-0.3, -0.25) is 0 Å². The molecule has 0 unspecified atom stereocenters. The summed E-state index contributed by atoms with van der Waals surface area (Å²) >= 11 is 0. The van der Waals surface area contributed by atoms with Crippen molar-refractivity contribution in [2.75, 3.05) is 28.4 Å². The molecule has 4 heterocycles. The van der Waals surface area contributed by atoms with Crippen LogP contribution < -0.4 is 18.9 Å². The first-order valence-corrected chi connectivity index (χ1v) is 22.5. The molecule has 10 aromatic carbocycles. The molecule has 0 aliphatic heterocycles. The summed E-state index contributed by atoms with van der Waals surface area (Å²) in [4.78, 5) is 0.